The first-order valence-corrected chi connectivity index (χ1v) is 23.4. The van der Waals surface area contributed by atoms with Gasteiger partial charge in [0.1, 0.15) is 48.0 Å². The molecule has 7 atom stereocenters. The number of carbonyl (C=O) groups excluding carboxylic acids is 7. The molecule has 0 unspecified atom stereocenters. The third-order valence-corrected chi connectivity index (χ3v) is 11.1. The lowest BCUT2D eigenvalue weighted by Gasteiger charge is -2.32. The number of aliphatic carboxylic acids is 1. The largest absolute Gasteiger partial charge is 0.508 e. The number of amides is 7. The number of carboxylic acid groups (broad SMARTS) is 1. The summed E-state index contributed by atoms with van der Waals surface area (Å²) >= 11 is 0. The van der Waals surface area contributed by atoms with Gasteiger partial charge in [0.05, 0.1) is 6.54 Å². The van der Waals surface area contributed by atoms with Crippen LogP contribution in [-0.4, -0.2) is 143 Å². The number of aliphatic imine (C=N–C) groups is 2. The molecular weight excluding hydrogens is 897 g/mol. The lowest BCUT2D eigenvalue weighted by Crippen LogP contribution is -2.60. The van der Waals surface area contributed by atoms with Crippen molar-refractivity contribution in [3.05, 3.63) is 29.8 Å². The van der Waals surface area contributed by atoms with Crippen molar-refractivity contribution in [2.24, 2.45) is 56.4 Å². The summed E-state index contributed by atoms with van der Waals surface area (Å²) in [5, 5.41) is 35.8. The number of nitrogens with zero attached hydrogens (tertiary/aromatic N) is 3. The Bertz CT molecular complexity index is 1950. The van der Waals surface area contributed by atoms with Crippen molar-refractivity contribution in [3.8, 4) is 5.75 Å². The monoisotopic (exact) mass is 973 g/mol. The van der Waals surface area contributed by atoms with E-state index < -0.39 is 95.5 Å². The van der Waals surface area contributed by atoms with E-state index in [0.717, 1.165) is 0 Å². The van der Waals surface area contributed by atoms with E-state index in [0.29, 0.717) is 12.0 Å². The van der Waals surface area contributed by atoms with E-state index in [1.807, 2.05) is 27.7 Å². The summed E-state index contributed by atoms with van der Waals surface area (Å²) in [5.41, 5.74) is 27.7. The Labute approximate surface area is 403 Å². The highest BCUT2D eigenvalue weighted by molar-refractivity contribution is 5.98. The van der Waals surface area contributed by atoms with Crippen LogP contribution in [0.25, 0.3) is 0 Å². The predicted octanol–water partition coefficient (Wildman–Crippen LogP) is -2.27. The minimum absolute atomic E-state index is 0.00693. The van der Waals surface area contributed by atoms with E-state index in [4.69, 9.17) is 28.7 Å². The molecule has 0 bridgehead atoms. The Morgan fingerprint density at radius 1 is 0.667 bits per heavy atom. The first-order chi connectivity index (χ1) is 32.4. The van der Waals surface area contributed by atoms with Crippen LogP contribution < -0.4 is 60.6 Å². The lowest BCUT2D eigenvalue weighted by atomic mass is 9.98. The molecule has 1 fully saturated rings. The van der Waals surface area contributed by atoms with Crippen LogP contribution in [-0.2, 0) is 44.8 Å². The molecule has 1 saturated heterocycles. The van der Waals surface area contributed by atoms with Crippen molar-refractivity contribution in [2.45, 2.75) is 142 Å². The molecule has 2 rings (SSSR count). The molecule has 0 spiro atoms. The molecule has 386 valence electrons. The molecule has 1 aromatic rings. The molecule has 1 heterocycles. The fourth-order valence-corrected chi connectivity index (χ4v) is 7.62. The minimum atomic E-state index is -1.34. The van der Waals surface area contributed by atoms with Gasteiger partial charge in [0, 0.05) is 26.1 Å². The number of phenols is 1. The maximum absolute atomic E-state index is 14.5. The SMILES string of the molecule is CC(C)C[C@H](NC(=O)[C@H](Cc1ccc(O)cc1)NC(=O)[C@@H](NC(=O)CN)C(C)C)C(=O)N[C@@H](CC(C)C)C(=O)N1CCC[C@H]1C(=O)N[C@@H](CCCN=C(N)N)C(=O)N[C@@H](CCCN=C(N)N)C(=O)O. The molecule has 69 heavy (non-hydrogen) atoms. The molecule has 1 aromatic carbocycles. The first kappa shape index (κ1) is 58.4. The summed E-state index contributed by atoms with van der Waals surface area (Å²) in [5.74, 6) is -7.05. The minimum Gasteiger partial charge on any atom is -0.508 e. The fourth-order valence-electron chi connectivity index (χ4n) is 7.62. The molecule has 0 saturated carbocycles. The number of carboxylic acids is 1. The summed E-state index contributed by atoms with van der Waals surface area (Å²) in [6, 6.07) is -2.33. The number of carbonyl (C=O) groups is 8. The standard InChI is InChI=1S/C45H76N14O10/c1-24(2)20-31(55-39(64)32(22-27-13-15-28(60)16-14-27)56-41(66)36(26(5)6)58-35(61)23-46)38(63)57-33(21-25(3)4)42(67)59-19-9-12-34(59)40(65)53-29(10-7-17-51-44(47)48)37(62)54-30(43(68)69)11-8-18-52-45(49)50/h13-16,24-26,29-34,36,60H,7-12,17-23,46H2,1-6H3,(H,53,65)(H,54,62)(H,55,64)(H,56,66)(H,57,63)(H,58,61)(H,68,69)(H4,47,48,51)(H4,49,50,52)/t29-,30-,31-,32-,33-,34-,36-/m0/s1. The van der Waals surface area contributed by atoms with E-state index in [1.54, 1.807) is 26.0 Å². The van der Waals surface area contributed by atoms with Crippen LogP contribution in [0.5, 0.6) is 5.75 Å². The third kappa shape index (κ3) is 21.0. The van der Waals surface area contributed by atoms with Gasteiger partial charge in [-0.05, 0) is 86.8 Å². The van der Waals surface area contributed by atoms with E-state index in [-0.39, 0.29) is 107 Å². The van der Waals surface area contributed by atoms with Crippen molar-refractivity contribution in [3.63, 3.8) is 0 Å². The number of nitrogens with one attached hydrogen (secondary N) is 6. The maximum Gasteiger partial charge on any atom is 0.326 e. The second kappa shape index (κ2) is 29.2. The normalized spacial score (nSPS) is 16.0. The van der Waals surface area contributed by atoms with Crippen molar-refractivity contribution in [2.75, 3.05) is 26.2 Å². The zero-order chi connectivity index (χ0) is 52.0. The Balaban J connectivity index is 2.39. The van der Waals surface area contributed by atoms with Gasteiger partial charge in [-0.2, -0.15) is 0 Å². The molecule has 0 aliphatic carbocycles. The average molecular weight is 973 g/mol. The summed E-state index contributed by atoms with van der Waals surface area (Å²) < 4.78 is 0. The number of phenolic OH excluding ortho intramolecular Hbond substituents is 1. The van der Waals surface area contributed by atoms with Crippen LogP contribution in [0.4, 0.5) is 0 Å². The molecule has 1 aliphatic rings. The number of nitrogens with two attached hydrogens (primary N) is 5. The Hall–Kier alpha value is -6.72. The predicted molar refractivity (Wildman–Crippen MR) is 258 cm³/mol. The summed E-state index contributed by atoms with van der Waals surface area (Å²) in [4.78, 5) is 118. The zero-order valence-corrected chi connectivity index (χ0v) is 40.7. The fraction of sp³-hybridized carbons (Fsp3) is 0.644. The smallest absolute Gasteiger partial charge is 0.326 e. The lowest BCUT2D eigenvalue weighted by molar-refractivity contribution is -0.144. The summed E-state index contributed by atoms with van der Waals surface area (Å²) in [6.07, 6.45) is 1.29. The average Bonchev–Trinajstić information content (AvgIpc) is 3.77. The van der Waals surface area contributed by atoms with Gasteiger partial charge >= 0.3 is 5.97 Å². The second-order valence-electron chi connectivity index (χ2n) is 18.4. The highest BCUT2D eigenvalue weighted by atomic mass is 16.4. The van der Waals surface area contributed by atoms with Gasteiger partial charge in [0.25, 0.3) is 0 Å². The van der Waals surface area contributed by atoms with Crippen molar-refractivity contribution in [1.29, 1.82) is 0 Å². The van der Waals surface area contributed by atoms with Gasteiger partial charge in [-0.25, -0.2) is 4.79 Å². The van der Waals surface area contributed by atoms with Crippen molar-refractivity contribution < 1.29 is 48.6 Å². The van der Waals surface area contributed by atoms with E-state index >= 15 is 0 Å². The number of aromatic hydroxyl groups is 1. The van der Waals surface area contributed by atoms with Crippen molar-refractivity contribution >= 4 is 59.2 Å². The van der Waals surface area contributed by atoms with Crippen LogP contribution in [0, 0.1) is 17.8 Å². The molecular formula is C45H76N14O10. The summed E-state index contributed by atoms with van der Waals surface area (Å²) in [6.45, 7) is 10.8. The van der Waals surface area contributed by atoms with Gasteiger partial charge in [-0.3, -0.25) is 43.5 Å². The van der Waals surface area contributed by atoms with Gasteiger partial charge in [0.2, 0.25) is 41.4 Å². The molecule has 0 aromatic heterocycles. The van der Waals surface area contributed by atoms with E-state index in [9.17, 15) is 48.6 Å². The zero-order valence-electron chi connectivity index (χ0n) is 40.7. The first-order valence-electron chi connectivity index (χ1n) is 23.4. The van der Waals surface area contributed by atoms with Crippen LogP contribution in [0.1, 0.15) is 98.5 Å². The Morgan fingerprint density at radius 2 is 1.16 bits per heavy atom. The quantitative estimate of drug-likeness (QED) is 0.0229. The number of likely N-dealkylation sites (tertiary alicyclic amines) is 1. The number of hydrogen-bond donors (Lipinski definition) is 13. The molecule has 7 amide bonds. The molecule has 18 N–H and O–H groups in total. The van der Waals surface area contributed by atoms with Gasteiger partial charge in [-0.1, -0.05) is 53.7 Å². The van der Waals surface area contributed by atoms with Crippen LogP contribution in [0.2, 0.25) is 0 Å². The number of rotatable bonds is 29. The maximum atomic E-state index is 14.5. The highest BCUT2D eigenvalue weighted by Crippen LogP contribution is 2.22. The Morgan fingerprint density at radius 3 is 1.68 bits per heavy atom. The molecule has 24 heteroatoms. The number of guanidine groups is 2. The molecule has 0 radical (unpaired) electrons. The van der Waals surface area contributed by atoms with Gasteiger partial charge < -0.3 is 75.7 Å². The molecule has 1 aliphatic heterocycles. The van der Waals surface area contributed by atoms with Crippen LogP contribution >= 0.6 is 0 Å². The van der Waals surface area contributed by atoms with Gasteiger partial charge in [0.15, 0.2) is 11.9 Å². The summed E-state index contributed by atoms with van der Waals surface area (Å²) in [7, 11) is 0. The highest BCUT2D eigenvalue weighted by Gasteiger charge is 2.40. The number of benzene rings is 1. The van der Waals surface area contributed by atoms with E-state index in [1.165, 1.54) is 17.0 Å². The van der Waals surface area contributed by atoms with Gasteiger partial charge in [-0.15, -0.1) is 0 Å². The topological polar surface area (TPSA) is 407 Å². The Kier molecular flexibility index (Phi) is 24.7. The van der Waals surface area contributed by atoms with E-state index in [2.05, 4.69) is 41.9 Å². The second-order valence-corrected chi connectivity index (χ2v) is 18.4. The third-order valence-electron chi connectivity index (χ3n) is 11.1. The molecule has 24 nitrogen and oxygen atoms in total. The van der Waals surface area contributed by atoms with Crippen LogP contribution in [0.15, 0.2) is 34.3 Å². The number of hydrogen-bond acceptors (Lipinski definition) is 12. The van der Waals surface area contributed by atoms with Crippen LogP contribution in [0.3, 0.4) is 0 Å². The van der Waals surface area contributed by atoms with Crippen molar-refractivity contribution in [1.82, 2.24) is 36.8 Å².